The Kier molecular flexibility index (Phi) is 9.69. The third kappa shape index (κ3) is 6.93. The van der Waals surface area contributed by atoms with E-state index in [2.05, 4.69) is 15.5 Å². The highest BCUT2D eigenvalue weighted by Crippen LogP contribution is 2.43. The number of halogens is 3. The molecule has 3 rings (SSSR count). The number of rotatable bonds is 11. The lowest BCUT2D eigenvalue weighted by atomic mass is 9.75. The standard InChI is InChI=1S/C26H30F3N5O3Si2/c1-15(25(2,3)24(36-38-4)37-39-5)21(32-19-11-10-18(14-31)20(12-19)26(27,28)29)23-34-33-22(35-23)17-8-6-16(13-30)7-9-17/h6-12,15,21,24,32H,38-39H2,1-5H3/t15-,21-/m1/s1. The lowest BCUT2D eigenvalue weighted by Gasteiger charge is -2.42. The van der Waals surface area contributed by atoms with Crippen LogP contribution in [0.2, 0.25) is 13.1 Å². The van der Waals surface area contributed by atoms with Gasteiger partial charge in [-0.1, -0.05) is 33.9 Å². The van der Waals surface area contributed by atoms with Crippen molar-refractivity contribution >= 4 is 25.2 Å². The van der Waals surface area contributed by atoms with E-state index in [1.54, 1.807) is 30.3 Å². The minimum absolute atomic E-state index is 0.139. The molecule has 0 aliphatic carbocycles. The molecule has 39 heavy (non-hydrogen) atoms. The highest BCUT2D eigenvalue weighted by atomic mass is 28.2. The van der Waals surface area contributed by atoms with E-state index in [9.17, 15) is 18.4 Å². The Bertz CT molecular complexity index is 1340. The summed E-state index contributed by atoms with van der Waals surface area (Å²) in [5.74, 6) is 0.0324. The van der Waals surface area contributed by atoms with Gasteiger partial charge in [-0.15, -0.1) is 10.2 Å². The molecule has 0 spiro atoms. The largest absolute Gasteiger partial charge is 0.418 e. The van der Waals surface area contributed by atoms with Gasteiger partial charge in [0.05, 0.1) is 28.8 Å². The lowest BCUT2D eigenvalue weighted by molar-refractivity contribution is -0.137. The number of hydrogen-bond acceptors (Lipinski definition) is 8. The van der Waals surface area contributed by atoms with Gasteiger partial charge in [0.25, 0.3) is 0 Å². The van der Waals surface area contributed by atoms with Gasteiger partial charge in [-0.25, -0.2) is 0 Å². The van der Waals surface area contributed by atoms with Crippen LogP contribution < -0.4 is 5.32 Å². The predicted octanol–water partition coefficient (Wildman–Crippen LogP) is 4.94. The first-order valence-electron chi connectivity index (χ1n) is 12.4. The Morgan fingerprint density at radius 1 is 0.974 bits per heavy atom. The van der Waals surface area contributed by atoms with Gasteiger partial charge in [0.2, 0.25) is 11.8 Å². The summed E-state index contributed by atoms with van der Waals surface area (Å²) in [6.45, 7) is 9.88. The molecule has 0 saturated carbocycles. The number of anilines is 1. The van der Waals surface area contributed by atoms with Crippen LogP contribution in [0.25, 0.3) is 11.5 Å². The molecule has 1 heterocycles. The minimum Gasteiger partial charge on any atom is -0.418 e. The molecule has 8 nitrogen and oxygen atoms in total. The molecule has 2 aromatic carbocycles. The first-order chi connectivity index (χ1) is 18.5. The van der Waals surface area contributed by atoms with Gasteiger partial charge >= 0.3 is 6.18 Å². The molecule has 1 N–H and O–H groups in total. The molecule has 0 aliphatic rings. The summed E-state index contributed by atoms with van der Waals surface area (Å²) in [6, 6.07) is 13.0. The van der Waals surface area contributed by atoms with Crippen LogP contribution in [0.15, 0.2) is 46.9 Å². The van der Waals surface area contributed by atoms with Crippen LogP contribution in [0.3, 0.4) is 0 Å². The Morgan fingerprint density at radius 3 is 2.15 bits per heavy atom. The highest BCUT2D eigenvalue weighted by Gasteiger charge is 2.43. The molecule has 0 amide bonds. The average molecular weight is 574 g/mol. The molecule has 0 saturated heterocycles. The quantitative estimate of drug-likeness (QED) is 0.253. The van der Waals surface area contributed by atoms with E-state index in [1.165, 1.54) is 6.07 Å². The Morgan fingerprint density at radius 2 is 1.62 bits per heavy atom. The minimum atomic E-state index is -4.71. The Labute approximate surface area is 230 Å². The smallest absolute Gasteiger partial charge is 0.417 e. The van der Waals surface area contributed by atoms with Crippen molar-refractivity contribution in [1.82, 2.24) is 10.2 Å². The second-order valence-electron chi connectivity index (χ2n) is 9.48. The van der Waals surface area contributed by atoms with Gasteiger partial charge in [-0.05, 0) is 48.4 Å². The van der Waals surface area contributed by atoms with Crippen LogP contribution in [0.4, 0.5) is 18.9 Å². The summed E-state index contributed by atoms with van der Waals surface area (Å²) < 4.78 is 59.1. The van der Waals surface area contributed by atoms with E-state index in [0.717, 1.165) is 12.1 Å². The fraction of sp³-hybridized carbons (Fsp3) is 0.385. The topological polar surface area (TPSA) is 117 Å². The van der Waals surface area contributed by atoms with Crippen molar-refractivity contribution in [2.75, 3.05) is 5.32 Å². The number of alkyl halides is 3. The summed E-state index contributed by atoms with van der Waals surface area (Å²) in [4.78, 5) is 0. The first kappa shape index (κ1) is 30.1. The second kappa shape index (κ2) is 12.6. The lowest BCUT2D eigenvalue weighted by Crippen LogP contribution is -2.44. The Hall–Kier alpha value is -3.50. The molecular weight excluding hydrogens is 543 g/mol. The number of benzene rings is 2. The first-order valence-corrected chi connectivity index (χ1v) is 16.4. The van der Waals surface area contributed by atoms with E-state index in [0.29, 0.717) is 11.1 Å². The summed E-state index contributed by atoms with van der Waals surface area (Å²) in [5, 5.41) is 29.8. The SMILES string of the molecule is C[SiH2]OC(O[SiH2]C)C(C)(C)[C@H](C)[C@@H](Nc1ccc(C#N)c(C(F)(F)F)c1)c1nnc(-c2ccc(C#N)cc2)o1. The number of hydrogen-bond donors (Lipinski definition) is 1. The van der Waals surface area contributed by atoms with Gasteiger partial charge in [0, 0.05) is 16.7 Å². The third-order valence-electron chi connectivity index (χ3n) is 6.65. The summed E-state index contributed by atoms with van der Waals surface area (Å²) in [5.41, 5.74) is -0.911. The molecule has 0 fully saturated rings. The van der Waals surface area contributed by atoms with Crippen molar-refractivity contribution < 1.29 is 26.4 Å². The zero-order chi connectivity index (χ0) is 28.8. The molecule has 13 heteroatoms. The van der Waals surface area contributed by atoms with Crippen molar-refractivity contribution in [2.24, 2.45) is 11.3 Å². The van der Waals surface area contributed by atoms with Crippen LogP contribution in [0, 0.1) is 34.0 Å². The van der Waals surface area contributed by atoms with Crippen LogP contribution >= 0.6 is 0 Å². The van der Waals surface area contributed by atoms with E-state index in [1.807, 2.05) is 39.9 Å². The van der Waals surface area contributed by atoms with Gasteiger partial charge in [0.15, 0.2) is 19.5 Å². The van der Waals surface area contributed by atoms with Crippen molar-refractivity contribution in [1.29, 1.82) is 10.5 Å². The second-order valence-corrected chi connectivity index (χ2v) is 11.3. The third-order valence-corrected chi connectivity index (χ3v) is 7.92. The maximum absolute atomic E-state index is 13.7. The zero-order valence-electron chi connectivity index (χ0n) is 22.3. The van der Waals surface area contributed by atoms with Gasteiger partial charge in [-0.3, -0.25) is 0 Å². The van der Waals surface area contributed by atoms with E-state index in [4.69, 9.17) is 18.5 Å². The number of nitrogens with one attached hydrogen (secondary N) is 1. The number of nitriles is 2. The van der Waals surface area contributed by atoms with E-state index in [-0.39, 0.29) is 23.4 Å². The fourth-order valence-corrected chi connectivity index (χ4v) is 5.98. The van der Waals surface area contributed by atoms with Crippen molar-refractivity contribution in [3.8, 4) is 23.6 Å². The number of nitrogens with zero attached hydrogens (tertiary/aromatic N) is 4. The van der Waals surface area contributed by atoms with Crippen LogP contribution in [0.5, 0.6) is 0 Å². The molecular formula is C26H30F3N5O3Si2. The molecule has 1 aromatic heterocycles. The molecule has 2 atom stereocenters. The summed E-state index contributed by atoms with van der Waals surface area (Å²) >= 11 is 0. The van der Waals surface area contributed by atoms with Gasteiger partial charge in [-0.2, -0.15) is 23.7 Å². The van der Waals surface area contributed by atoms with Crippen LogP contribution in [0.1, 0.15) is 49.4 Å². The van der Waals surface area contributed by atoms with Crippen molar-refractivity contribution in [3.63, 3.8) is 0 Å². The van der Waals surface area contributed by atoms with E-state index >= 15 is 0 Å². The maximum Gasteiger partial charge on any atom is 0.417 e. The molecule has 0 radical (unpaired) electrons. The Balaban J connectivity index is 2.07. The van der Waals surface area contributed by atoms with Crippen molar-refractivity contribution in [3.05, 3.63) is 65.0 Å². The van der Waals surface area contributed by atoms with Crippen LogP contribution in [-0.4, -0.2) is 36.0 Å². The number of aromatic nitrogens is 2. The maximum atomic E-state index is 13.7. The van der Waals surface area contributed by atoms with Gasteiger partial charge < -0.3 is 18.6 Å². The molecule has 0 aliphatic heterocycles. The molecule has 0 unspecified atom stereocenters. The summed E-state index contributed by atoms with van der Waals surface area (Å²) in [6.07, 6.45) is -5.21. The van der Waals surface area contributed by atoms with Gasteiger partial charge in [0.1, 0.15) is 12.3 Å². The van der Waals surface area contributed by atoms with E-state index < -0.39 is 54.6 Å². The monoisotopic (exact) mass is 573 g/mol. The fourth-order valence-electron chi connectivity index (χ4n) is 4.14. The average Bonchev–Trinajstić information content (AvgIpc) is 3.40. The molecule has 0 bridgehead atoms. The van der Waals surface area contributed by atoms with Crippen LogP contribution in [-0.2, 0) is 15.0 Å². The van der Waals surface area contributed by atoms with Crippen molar-refractivity contribution in [2.45, 2.75) is 52.4 Å². The molecule has 206 valence electrons. The predicted molar refractivity (Wildman–Crippen MR) is 145 cm³/mol. The zero-order valence-corrected chi connectivity index (χ0v) is 25.2. The molecule has 3 aromatic rings. The summed E-state index contributed by atoms with van der Waals surface area (Å²) in [7, 11) is -1.66. The normalized spacial score (nSPS) is 14.8. The highest BCUT2D eigenvalue weighted by molar-refractivity contribution is 6.26.